The molecule has 84 valence electrons. The summed E-state index contributed by atoms with van der Waals surface area (Å²) in [6.07, 6.45) is 1.69. The zero-order valence-corrected chi connectivity index (χ0v) is 9.22. The van der Waals surface area contributed by atoms with E-state index < -0.39 is 0 Å². The van der Waals surface area contributed by atoms with Crippen LogP contribution in [0.15, 0.2) is 48.8 Å². The number of nitrogens with one attached hydrogen (secondary N) is 1. The van der Waals surface area contributed by atoms with Crippen molar-refractivity contribution in [1.82, 2.24) is 9.97 Å². The molecule has 0 spiro atoms. The van der Waals surface area contributed by atoms with Crippen molar-refractivity contribution < 1.29 is 5.11 Å². The molecule has 2 N–H and O–H groups in total. The Hall–Kier alpha value is -2.13. The molecule has 0 bridgehead atoms. The molecular weight excluding hydrogens is 212 g/mol. The Balaban J connectivity index is 2.19. The van der Waals surface area contributed by atoms with E-state index in [2.05, 4.69) is 16.0 Å². The number of benzene rings is 2. The van der Waals surface area contributed by atoms with Crippen LogP contribution in [0.25, 0.3) is 22.2 Å². The molecule has 0 radical (unpaired) electrons. The number of nitrogens with zero attached hydrogens (tertiary/aromatic N) is 1. The summed E-state index contributed by atoms with van der Waals surface area (Å²) in [7, 11) is 0. The molecule has 0 aliphatic carbocycles. The van der Waals surface area contributed by atoms with Crippen LogP contribution in [0.5, 0.6) is 0 Å². The van der Waals surface area contributed by atoms with Gasteiger partial charge in [-0.05, 0) is 28.8 Å². The summed E-state index contributed by atoms with van der Waals surface area (Å²) in [5.41, 5.74) is 5.05. The molecule has 17 heavy (non-hydrogen) atoms. The normalized spacial score (nSPS) is 10.9. The minimum Gasteiger partial charge on any atom is -0.392 e. The van der Waals surface area contributed by atoms with Gasteiger partial charge in [0.25, 0.3) is 0 Å². The average Bonchev–Trinajstić information content (AvgIpc) is 2.85. The lowest BCUT2D eigenvalue weighted by Gasteiger charge is -2.07. The molecule has 2 aromatic carbocycles. The number of H-pyrrole nitrogens is 1. The molecule has 0 atom stereocenters. The fourth-order valence-electron chi connectivity index (χ4n) is 2.04. The van der Waals surface area contributed by atoms with E-state index >= 15 is 0 Å². The molecule has 0 aliphatic rings. The number of aromatic amines is 1. The highest BCUT2D eigenvalue weighted by Crippen LogP contribution is 2.26. The van der Waals surface area contributed by atoms with Gasteiger partial charge in [-0.3, -0.25) is 0 Å². The second-order valence-electron chi connectivity index (χ2n) is 3.95. The van der Waals surface area contributed by atoms with E-state index in [4.69, 9.17) is 0 Å². The molecule has 3 rings (SSSR count). The molecule has 0 amide bonds. The van der Waals surface area contributed by atoms with Crippen molar-refractivity contribution in [2.24, 2.45) is 0 Å². The van der Waals surface area contributed by atoms with Crippen LogP contribution in [0.3, 0.4) is 0 Å². The molecule has 0 aliphatic heterocycles. The third-order valence-electron chi connectivity index (χ3n) is 2.92. The maximum absolute atomic E-state index is 9.33. The van der Waals surface area contributed by atoms with Gasteiger partial charge in [-0.15, -0.1) is 0 Å². The van der Waals surface area contributed by atoms with Crippen molar-refractivity contribution >= 4 is 11.0 Å². The van der Waals surface area contributed by atoms with Crippen LogP contribution in [-0.4, -0.2) is 15.1 Å². The van der Waals surface area contributed by atoms with E-state index in [0.717, 1.165) is 27.7 Å². The summed E-state index contributed by atoms with van der Waals surface area (Å²) in [6, 6.07) is 13.9. The van der Waals surface area contributed by atoms with Gasteiger partial charge in [-0.1, -0.05) is 30.3 Å². The Morgan fingerprint density at radius 2 is 2.00 bits per heavy atom. The summed E-state index contributed by atoms with van der Waals surface area (Å²) in [5.74, 6) is 0. The van der Waals surface area contributed by atoms with Gasteiger partial charge in [0.2, 0.25) is 0 Å². The molecule has 3 heteroatoms. The first-order chi connectivity index (χ1) is 8.38. The molecule has 0 saturated carbocycles. The largest absolute Gasteiger partial charge is 0.392 e. The van der Waals surface area contributed by atoms with Crippen LogP contribution in [0, 0.1) is 0 Å². The molecule has 1 aromatic heterocycles. The second kappa shape index (κ2) is 4.03. The molecule has 0 unspecified atom stereocenters. The molecular formula is C14H12N2O. The van der Waals surface area contributed by atoms with Crippen molar-refractivity contribution in [3.63, 3.8) is 0 Å². The van der Waals surface area contributed by atoms with E-state index in [0.29, 0.717) is 0 Å². The maximum atomic E-state index is 9.33. The zero-order valence-electron chi connectivity index (χ0n) is 9.22. The number of imidazole rings is 1. The van der Waals surface area contributed by atoms with Gasteiger partial charge in [-0.25, -0.2) is 4.98 Å². The predicted molar refractivity (Wildman–Crippen MR) is 67.5 cm³/mol. The first-order valence-corrected chi connectivity index (χ1v) is 5.51. The van der Waals surface area contributed by atoms with Crippen LogP contribution in [0.4, 0.5) is 0 Å². The zero-order chi connectivity index (χ0) is 11.7. The van der Waals surface area contributed by atoms with Gasteiger partial charge in [0, 0.05) is 0 Å². The van der Waals surface area contributed by atoms with Crippen LogP contribution in [0.1, 0.15) is 5.56 Å². The number of aliphatic hydroxyl groups is 1. The second-order valence-corrected chi connectivity index (χ2v) is 3.95. The summed E-state index contributed by atoms with van der Waals surface area (Å²) >= 11 is 0. The minimum absolute atomic E-state index is 0.0528. The summed E-state index contributed by atoms with van der Waals surface area (Å²) in [5, 5.41) is 9.33. The van der Waals surface area contributed by atoms with Gasteiger partial charge in [0.05, 0.1) is 24.0 Å². The topological polar surface area (TPSA) is 48.9 Å². The highest BCUT2D eigenvalue weighted by Gasteiger charge is 2.05. The molecule has 0 saturated heterocycles. The quantitative estimate of drug-likeness (QED) is 0.703. The van der Waals surface area contributed by atoms with Gasteiger partial charge >= 0.3 is 0 Å². The maximum Gasteiger partial charge on any atom is 0.0931 e. The number of rotatable bonds is 2. The lowest BCUT2D eigenvalue weighted by atomic mass is 10.00. The van der Waals surface area contributed by atoms with Crippen molar-refractivity contribution in [2.75, 3.05) is 0 Å². The number of hydrogen-bond acceptors (Lipinski definition) is 2. The lowest BCUT2D eigenvalue weighted by molar-refractivity contribution is 0.282. The Morgan fingerprint density at radius 3 is 2.88 bits per heavy atom. The third kappa shape index (κ3) is 1.70. The van der Waals surface area contributed by atoms with Crippen molar-refractivity contribution in [2.45, 2.75) is 6.61 Å². The molecule has 1 heterocycles. The Morgan fingerprint density at radius 1 is 1.12 bits per heavy atom. The fourth-order valence-corrected chi connectivity index (χ4v) is 2.04. The first-order valence-electron chi connectivity index (χ1n) is 5.51. The first kappa shape index (κ1) is 10.1. The van der Waals surface area contributed by atoms with Crippen LogP contribution in [0.2, 0.25) is 0 Å². The van der Waals surface area contributed by atoms with E-state index in [1.54, 1.807) is 6.33 Å². The van der Waals surface area contributed by atoms with Gasteiger partial charge in [0.15, 0.2) is 0 Å². The van der Waals surface area contributed by atoms with Crippen molar-refractivity contribution in [3.8, 4) is 11.1 Å². The van der Waals surface area contributed by atoms with Gasteiger partial charge in [0.1, 0.15) is 0 Å². The molecule has 0 fully saturated rings. The summed E-state index contributed by atoms with van der Waals surface area (Å²) < 4.78 is 0. The average molecular weight is 224 g/mol. The standard InChI is InChI=1S/C14H12N2O/c17-8-11-3-1-2-4-12(11)10-5-6-13-14(7-10)16-9-15-13/h1-7,9,17H,8H2,(H,15,16). The third-order valence-corrected chi connectivity index (χ3v) is 2.92. The smallest absolute Gasteiger partial charge is 0.0931 e. The van der Waals surface area contributed by atoms with Crippen LogP contribution < -0.4 is 0 Å². The molecule has 3 aromatic rings. The van der Waals surface area contributed by atoms with E-state index in [-0.39, 0.29) is 6.61 Å². The monoisotopic (exact) mass is 224 g/mol. The Bertz CT molecular complexity index is 658. The minimum atomic E-state index is 0.0528. The lowest BCUT2D eigenvalue weighted by Crippen LogP contribution is -1.88. The fraction of sp³-hybridized carbons (Fsp3) is 0.0714. The van der Waals surface area contributed by atoms with Crippen LogP contribution in [-0.2, 0) is 6.61 Å². The Kier molecular flexibility index (Phi) is 2.38. The Labute approximate surface area is 98.8 Å². The summed E-state index contributed by atoms with van der Waals surface area (Å²) in [4.78, 5) is 7.28. The van der Waals surface area contributed by atoms with E-state index in [1.807, 2.05) is 36.4 Å². The SMILES string of the molecule is OCc1ccccc1-c1ccc2nc[nH]c2c1. The van der Waals surface area contributed by atoms with Crippen LogP contribution >= 0.6 is 0 Å². The predicted octanol–water partition coefficient (Wildman–Crippen LogP) is 2.72. The summed E-state index contributed by atoms with van der Waals surface area (Å²) in [6.45, 7) is 0.0528. The van der Waals surface area contributed by atoms with Crippen molar-refractivity contribution in [3.05, 3.63) is 54.4 Å². The number of aromatic nitrogens is 2. The van der Waals surface area contributed by atoms with E-state index in [9.17, 15) is 5.11 Å². The number of hydrogen-bond donors (Lipinski definition) is 2. The number of fused-ring (bicyclic) bond motifs is 1. The van der Waals surface area contributed by atoms with Gasteiger partial charge in [-0.2, -0.15) is 0 Å². The van der Waals surface area contributed by atoms with E-state index in [1.165, 1.54) is 0 Å². The highest BCUT2D eigenvalue weighted by molar-refractivity contribution is 5.82. The van der Waals surface area contributed by atoms with Gasteiger partial charge < -0.3 is 10.1 Å². The molecule has 3 nitrogen and oxygen atoms in total. The highest BCUT2D eigenvalue weighted by atomic mass is 16.3. The number of aliphatic hydroxyl groups excluding tert-OH is 1. The van der Waals surface area contributed by atoms with Crippen molar-refractivity contribution in [1.29, 1.82) is 0 Å².